The number of aliphatic hydroxyl groups is 5. The Morgan fingerprint density at radius 3 is 1.55 bits per heavy atom. The molecule has 0 aliphatic heterocycles. The van der Waals surface area contributed by atoms with Crippen LogP contribution in [0.3, 0.4) is 0 Å². The first-order valence-electron chi connectivity index (χ1n) is 5.97. The topological polar surface area (TPSA) is 174 Å². The van der Waals surface area contributed by atoms with Crippen molar-refractivity contribution in [1.82, 2.24) is 0 Å². The zero-order valence-electron chi connectivity index (χ0n) is 11.5. The van der Waals surface area contributed by atoms with E-state index in [2.05, 4.69) is 4.74 Å². The van der Waals surface area contributed by atoms with Crippen molar-refractivity contribution in [3.63, 3.8) is 0 Å². The van der Waals surface area contributed by atoms with Crippen molar-refractivity contribution < 1.29 is 40.2 Å². The quantitative estimate of drug-likeness (QED) is 0.244. The summed E-state index contributed by atoms with van der Waals surface area (Å²) in [4.78, 5) is 9.84. The van der Waals surface area contributed by atoms with Crippen molar-refractivity contribution in [2.24, 2.45) is 11.1 Å². The van der Waals surface area contributed by atoms with Gasteiger partial charge >= 0.3 is 6.16 Å². The van der Waals surface area contributed by atoms with E-state index in [1.54, 1.807) is 0 Å². The molecule has 20 heavy (non-hydrogen) atoms. The van der Waals surface area contributed by atoms with E-state index in [9.17, 15) is 4.79 Å². The minimum atomic E-state index is -1.48. The molecule has 0 spiro atoms. The van der Waals surface area contributed by atoms with Gasteiger partial charge in [-0.25, -0.2) is 4.79 Å². The van der Waals surface area contributed by atoms with Gasteiger partial charge in [0.05, 0.1) is 38.6 Å². The Labute approximate surface area is 117 Å². The molecule has 0 aromatic heterocycles. The molecule has 0 unspecified atom stereocenters. The smallest absolute Gasteiger partial charge is 0.450 e. The maximum absolute atomic E-state index is 9.84. The SMILES string of the molecule is CCC(CO)(CO)CO.NC(CO)(CO)COC(=O)O. The van der Waals surface area contributed by atoms with Gasteiger partial charge in [-0.05, 0) is 6.42 Å². The number of hydrogen-bond acceptors (Lipinski definition) is 8. The van der Waals surface area contributed by atoms with E-state index in [0.717, 1.165) is 0 Å². The summed E-state index contributed by atoms with van der Waals surface area (Å²) in [6.45, 7) is -0.130. The lowest BCUT2D eigenvalue weighted by molar-refractivity contribution is 0.00303. The van der Waals surface area contributed by atoms with E-state index in [1.165, 1.54) is 0 Å². The molecule has 0 saturated heterocycles. The zero-order chi connectivity index (χ0) is 16.2. The van der Waals surface area contributed by atoms with Gasteiger partial charge in [-0.1, -0.05) is 6.92 Å². The third-order valence-electron chi connectivity index (χ3n) is 2.87. The molecule has 122 valence electrons. The summed E-state index contributed by atoms with van der Waals surface area (Å²) in [7, 11) is 0. The predicted octanol–water partition coefficient (Wildman–Crippen LogP) is -2.28. The lowest BCUT2D eigenvalue weighted by Gasteiger charge is -2.24. The number of nitrogens with two attached hydrogens (primary N) is 1. The average Bonchev–Trinajstić information content (AvgIpc) is 2.48. The van der Waals surface area contributed by atoms with E-state index in [-0.39, 0.29) is 19.8 Å². The van der Waals surface area contributed by atoms with Crippen LogP contribution in [0.1, 0.15) is 13.3 Å². The first kappa shape index (κ1) is 21.3. The Hall–Kier alpha value is -0.970. The fourth-order valence-corrected chi connectivity index (χ4v) is 0.832. The van der Waals surface area contributed by atoms with Crippen LogP contribution in [0.4, 0.5) is 4.79 Å². The van der Waals surface area contributed by atoms with Gasteiger partial charge in [0.15, 0.2) is 0 Å². The summed E-state index contributed by atoms with van der Waals surface area (Å²) < 4.78 is 4.06. The monoisotopic (exact) mass is 299 g/mol. The predicted molar refractivity (Wildman–Crippen MR) is 69.0 cm³/mol. The molecule has 8 N–H and O–H groups in total. The first-order chi connectivity index (χ1) is 9.28. The first-order valence-corrected chi connectivity index (χ1v) is 5.97. The van der Waals surface area contributed by atoms with Crippen LogP contribution in [0.5, 0.6) is 0 Å². The van der Waals surface area contributed by atoms with Crippen molar-refractivity contribution >= 4 is 6.16 Å². The minimum Gasteiger partial charge on any atom is -0.450 e. The largest absolute Gasteiger partial charge is 0.505 e. The molecule has 0 bridgehead atoms. The number of carbonyl (C=O) groups is 1. The second-order valence-electron chi connectivity index (χ2n) is 4.56. The Morgan fingerprint density at radius 2 is 1.40 bits per heavy atom. The molecule has 0 aliphatic rings. The van der Waals surface area contributed by atoms with Crippen LogP contribution in [0.2, 0.25) is 0 Å². The molecule has 0 aromatic rings. The highest BCUT2D eigenvalue weighted by Crippen LogP contribution is 2.18. The van der Waals surface area contributed by atoms with Gasteiger partial charge in [0.25, 0.3) is 0 Å². The second kappa shape index (κ2) is 10.8. The van der Waals surface area contributed by atoms with Gasteiger partial charge in [0.2, 0.25) is 0 Å². The number of ether oxygens (including phenoxy) is 1. The van der Waals surface area contributed by atoms with Gasteiger partial charge in [-0.15, -0.1) is 0 Å². The van der Waals surface area contributed by atoms with Gasteiger partial charge in [0, 0.05) is 5.41 Å². The van der Waals surface area contributed by atoms with Crippen LogP contribution in [0.25, 0.3) is 0 Å². The molecule has 0 heterocycles. The fraction of sp³-hybridized carbons (Fsp3) is 0.909. The summed E-state index contributed by atoms with van der Waals surface area (Å²) in [5.41, 5.74) is 3.21. The van der Waals surface area contributed by atoms with Crippen LogP contribution in [-0.4, -0.2) is 82.0 Å². The normalized spacial score (nSPS) is 11.6. The number of hydrogen-bond donors (Lipinski definition) is 7. The molecule has 0 aliphatic carbocycles. The zero-order valence-corrected chi connectivity index (χ0v) is 11.5. The van der Waals surface area contributed by atoms with Crippen LogP contribution in [0, 0.1) is 5.41 Å². The molecule has 9 nitrogen and oxygen atoms in total. The maximum Gasteiger partial charge on any atom is 0.505 e. The van der Waals surface area contributed by atoms with Crippen molar-refractivity contribution in [2.75, 3.05) is 39.6 Å². The van der Waals surface area contributed by atoms with Gasteiger partial charge in [-0.3, -0.25) is 0 Å². The molecule has 0 atom stereocenters. The third-order valence-corrected chi connectivity index (χ3v) is 2.87. The molecule has 0 fully saturated rings. The van der Waals surface area contributed by atoms with Crippen molar-refractivity contribution in [1.29, 1.82) is 0 Å². The summed E-state index contributed by atoms with van der Waals surface area (Å²) in [5.74, 6) is 0. The maximum atomic E-state index is 9.84. The summed E-state index contributed by atoms with van der Waals surface area (Å²) in [5, 5.41) is 51.1. The minimum absolute atomic E-state index is 0.156. The fourth-order valence-electron chi connectivity index (χ4n) is 0.832. The molecule has 9 heteroatoms. The highest BCUT2D eigenvalue weighted by molar-refractivity contribution is 5.56. The molecular weight excluding hydrogens is 274 g/mol. The second-order valence-corrected chi connectivity index (χ2v) is 4.56. The Bertz CT molecular complexity index is 235. The number of carboxylic acid groups (broad SMARTS) is 1. The van der Waals surface area contributed by atoms with Gasteiger partial charge in [-0.2, -0.15) is 0 Å². The van der Waals surface area contributed by atoms with Crippen molar-refractivity contribution in [3.8, 4) is 0 Å². The van der Waals surface area contributed by atoms with Crippen molar-refractivity contribution in [3.05, 3.63) is 0 Å². The van der Waals surface area contributed by atoms with E-state index in [1.807, 2.05) is 6.92 Å². The highest BCUT2D eigenvalue weighted by atomic mass is 16.7. The number of rotatable bonds is 8. The summed E-state index contributed by atoms with van der Waals surface area (Å²) in [6, 6.07) is 0. The van der Waals surface area contributed by atoms with Crippen molar-refractivity contribution in [2.45, 2.75) is 18.9 Å². The lowest BCUT2D eigenvalue weighted by Crippen LogP contribution is -2.51. The summed E-state index contributed by atoms with van der Waals surface area (Å²) in [6.07, 6.45) is -0.891. The van der Waals surface area contributed by atoms with Gasteiger partial charge < -0.3 is 41.1 Å². The van der Waals surface area contributed by atoms with E-state index in [4.69, 9.17) is 36.4 Å². The highest BCUT2D eigenvalue weighted by Gasteiger charge is 2.25. The molecule has 0 radical (unpaired) electrons. The Morgan fingerprint density at radius 1 is 1.00 bits per heavy atom. The van der Waals surface area contributed by atoms with Crippen LogP contribution in [-0.2, 0) is 4.74 Å². The molecule has 0 saturated carbocycles. The molecule has 0 amide bonds. The molecule has 0 aromatic carbocycles. The molecular formula is C11H25NO8. The Kier molecular flexibility index (Phi) is 11.5. The molecule has 0 rings (SSSR count). The van der Waals surface area contributed by atoms with E-state index < -0.39 is 36.9 Å². The van der Waals surface area contributed by atoms with Crippen LogP contribution in [0.15, 0.2) is 0 Å². The third kappa shape index (κ3) is 8.25. The standard InChI is InChI=1S/C6H14O3.C5H11NO5/c1-2-6(3-7,4-8)5-9;6-5(1-7,2-8)3-11-4(9)10/h7-9H,2-5H2,1H3;7-8H,1-3,6H2,(H,9,10). The number of aliphatic hydroxyl groups excluding tert-OH is 5. The lowest BCUT2D eigenvalue weighted by atomic mass is 9.88. The average molecular weight is 299 g/mol. The van der Waals surface area contributed by atoms with Crippen LogP contribution >= 0.6 is 0 Å². The van der Waals surface area contributed by atoms with Gasteiger partial charge in [0.1, 0.15) is 6.61 Å². The van der Waals surface area contributed by atoms with E-state index >= 15 is 0 Å². The Balaban J connectivity index is 0. The van der Waals surface area contributed by atoms with E-state index in [0.29, 0.717) is 6.42 Å². The summed E-state index contributed by atoms with van der Waals surface area (Å²) >= 11 is 0. The van der Waals surface area contributed by atoms with Crippen LogP contribution < -0.4 is 5.73 Å².